The van der Waals surface area contributed by atoms with Crippen molar-refractivity contribution < 1.29 is 5.11 Å². The summed E-state index contributed by atoms with van der Waals surface area (Å²) in [7, 11) is 0. The zero-order chi connectivity index (χ0) is 13.7. The van der Waals surface area contributed by atoms with Gasteiger partial charge in [-0.15, -0.1) is 11.3 Å². The van der Waals surface area contributed by atoms with Gasteiger partial charge in [-0.1, -0.05) is 45.6 Å². The van der Waals surface area contributed by atoms with Crippen molar-refractivity contribution in [1.29, 1.82) is 0 Å². The van der Waals surface area contributed by atoms with Crippen LogP contribution in [0.1, 0.15) is 63.4 Å². The van der Waals surface area contributed by atoms with Crippen LogP contribution in [0, 0.1) is 5.92 Å². The van der Waals surface area contributed by atoms with Gasteiger partial charge in [-0.25, -0.2) is 0 Å². The first-order valence-corrected chi connectivity index (χ1v) is 8.54. The maximum Gasteiger partial charge on any atom is 0.104 e. The van der Waals surface area contributed by atoms with E-state index in [1.165, 1.54) is 38.5 Å². The number of aliphatic hydroxyl groups excluding tert-OH is 1. The second kappa shape index (κ2) is 7.41. The molecule has 1 aliphatic carbocycles. The third-order valence-electron chi connectivity index (χ3n) is 4.18. The Labute approximate surface area is 121 Å². The first-order valence-electron chi connectivity index (χ1n) is 7.66. The Morgan fingerprint density at radius 3 is 2.42 bits per heavy atom. The highest BCUT2D eigenvalue weighted by molar-refractivity contribution is 7.10. The van der Waals surface area contributed by atoms with Crippen molar-refractivity contribution >= 4 is 11.3 Å². The van der Waals surface area contributed by atoms with Gasteiger partial charge in [0.1, 0.15) is 6.10 Å². The largest absolute Gasteiger partial charge is 0.386 e. The highest BCUT2D eigenvalue weighted by Gasteiger charge is 2.27. The normalized spacial score (nSPS) is 21.3. The third-order valence-corrected chi connectivity index (χ3v) is 5.12. The van der Waals surface area contributed by atoms with E-state index in [4.69, 9.17) is 0 Å². The third kappa shape index (κ3) is 4.30. The van der Waals surface area contributed by atoms with E-state index >= 15 is 0 Å². The van der Waals surface area contributed by atoms with Crippen LogP contribution in [0.3, 0.4) is 0 Å². The van der Waals surface area contributed by atoms with Crippen LogP contribution in [0.25, 0.3) is 0 Å². The molecule has 19 heavy (non-hydrogen) atoms. The van der Waals surface area contributed by atoms with Crippen LogP contribution in [0.5, 0.6) is 0 Å². The summed E-state index contributed by atoms with van der Waals surface area (Å²) >= 11 is 1.65. The molecule has 0 aliphatic heterocycles. The van der Waals surface area contributed by atoms with E-state index in [2.05, 4.69) is 19.2 Å². The van der Waals surface area contributed by atoms with Crippen molar-refractivity contribution in [3.8, 4) is 0 Å². The minimum atomic E-state index is -0.372. The van der Waals surface area contributed by atoms with Gasteiger partial charge in [0.05, 0.1) is 0 Å². The number of hydrogen-bond acceptors (Lipinski definition) is 3. The van der Waals surface area contributed by atoms with Crippen LogP contribution in [0.2, 0.25) is 0 Å². The van der Waals surface area contributed by atoms with Gasteiger partial charge in [0.25, 0.3) is 0 Å². The molecule has 2 nitrogen and oxygen atoms in total. The fourth-order valence-corrected chi connectivity index (χ4v) is 3.76. The summed E-state index contributed by atoms with van der Waals surface area (Å²) in [6, 6.07) is 4.82. The second-order valence-corrected chi connectivity index (χ2v) is 7.06. The van der Waals surface area contributed by atoms with Gasteiger partial charge in [0, 0.05) is 17.0 Å². The van der Waals surface area contributed by atoms with E-state index < -0.39 is 0 Å². The summed E-state index contributed by atoms with van der Waals surface area (Å²) in [6.07, 6.45) is 7.56. The Morgan fingerprint density at radius 2 is 1.89 bits per heavy atom. The number of rotatable bonds is 5. The van der Waals surface area contributed by atoms with Crippen LogP contribution >= 0.6 is 11.3 Å². The smallest absolute Gasteiger partial charge is 0.104 e. The number of thiophene rings is 1. The molecule has 1 aliphatic rings. The van der Waals surface area contributed by atoms with Crippen molar-refractivity contribution in [2.24, 2.45) is 5.92 Å². The molecule has 2 rings (SSSR count). The fraction of sp³-hybridized carbons (Fsp3) is 0.750. The van der Waals surface area contributed by atoms with Crippen LogP contribution < -0.4 is 5.32 Å². The van der Waals surface area contributed by atoms with Gasteiger partial charge in [0.2, 0.25) is 0 Å². The quantitative estimate of drug-likeness (QED) is 0.796. The topological polar surface area (TPSA) is 32.3 Å². The van der Waals surface area contributed by atoms with E-state index in [-0.39, 0.29) is 12.1 Å². The fourth-order valence-electron chi connectivity index (χ4n) is 3.00. The van der Waals surface area contributed by atoms with Gasteiger partial charge in [0.15, 0.2) is 0 Å². The average Bonchev–Trinajstić information content (AvgIpc) is 2.80. The van der Waals surface area contributed by atoms with Crippen molar-refractivity contribution in [2.45, 2.75) is 70.6 Å². The first-order chi connectivity index (χ1) is 9.18. The summed E-state index contributed by atoms with van der Waals surface area (Å²) in [6.45, 7) is 4.40. The molecular weight excluding hydrogens is 254 g/mol. The minimum Gasteiger partial charge on any atom is -0.386 e. The molecule has 2 N–H and O–H groups in total. The molecule has 0 bridgehead atoms. The molecule has 0 saturated heterocycles. The predicted octanol–water partition coefficient (Wildman–Crippen LogP) is 4.12. The lowest BCUT2D eigenvalue weighted by molar-refractivity contribution is 0.0989. The Morgan fingerprint density at radius 1 is 1.21 bits per heavy atom. The Balaban J connectivity index is 1.99. The molecule has 2 atom stereocenters. The summed E-state index contributed by atoms with van der Waals surface area (Å²) in [5, 5.41) is 16.4. The standard InChI is InChI=1S/C16H27NOS/c1-12(2)15(16(18)14-10-7-11-19-14)17-13-8-5-3-4-6-9-13/h7,10-13,15-18H,3-6,8-9H2,1-2H3. The highest BCUT2D eigenvalue weighted by Crippen LogP contribution is 2.27. The van der Waals surface area contributed by atoms with E-state index in [1.54, 1.807) is 11.3 Å². The van der Waals surface area contributed by atoms with E-state index in [0.717, 1.165) is 4.88 Å². The van der Waals surface area contributed by atoms with Crippen LogP contribution in [0.15, 0.2) is 17.5 Å². The monoisotopic (exact) mass is 281 g/mol. The van der Waals surface area contributed by atoms with Gasteiger partial charge >= 0.3 is 0 Å². The van der Waals surface area contributed by atoms with Crippen molar-refractivity contribution in [3.63, 3.8) is 0 Å². The van der Waals surface area contributed by atoms with Crippen molar-refractivity contribution in [2.75, 3.05) is 0 Å². The summed E-state index contributed by atoms with van der Waals surface area (Å²) < 4.78 is 0. The number of hydrogen-bond donors (Lipinski definition) is 2. The van der Waals surface area contributed by atoms with Gasteiger partial charge in [-0.2, -0.15) is 0 Å². The Bertz CT molecular complexity index is 342. The van der Waals surface area contributed by atoms with Gasteiger partial charge in [-0.3, -0.25) is 0 Å². The molecule has 1 heterocycles. The zero-order valence-corrected chi connectivity index (χ0v) is 13.0. The van der Waals surface area contributed by atoms with Gasteiger partial charge in [-0.05, 0) is 30.2 Å². The lowest BCUT2D eigenvalue weighted by atomic mass is 9.95. The summed E-state index contributed by atoms with van der Waals surface area (Å²) in [5.74, 6) is 0.445. The molecule has 108 valence electrons. The maximum absolute atomic E-state index is 10.6. The first kappa shape index (κ1) is 15.0. The second-order valence-electron chi connectivity index (χ2n) is 6.09. The molecular formula is C16H27NOS. The number of aliphatic hydroxyl groups is 1. The van der Waals surface area contributed by atoms with Crippen LogP contribution in [-0.2, 0) is 0 Å². The lowest BCUT2D eigenvalue weighted by Crippen LogP contribution is -2.44. The van der Waals surface area contributed by atoms with E-state index in [1.807, 2.05) is 17.5 Å². The SMILES string of the molecule is CC(C)C(NC1CCCCCC1)C(O)c1cccs1. The maximum atomic E-state index is 10.6. The zero-order valence-electron chi connectivity index (χ0n) is 12.1. The molecule has 2 unspecified atom stereocenters. The molecule has 1 saturated carbocycles. The van der Waals surface area contributed by atoms with E-state index in [0.29, 0.717) is 12.0 Å². The molecule has 1 fully saturated rings. The molecule has 0 radical (unpaired) electrons. The average molecular weight is 281 g/mol. The van der Waals surface area contributed by atoms with Crippen molar-refractivity contribution in [1.82, 2.24) is 5.32 Å². The molecule has 0 amide bonds. The predicted molar refractivity (Wildman–Crippen MR) is 82.5 cm³/mol. The molecule has 1 aromatic heterocycles. The van der Waals surface area contributed by atoms with Crippen LogP contribution in [-0.4, -0.2) is 17.2 Å². The van der Waals surface area contributed by atoms with Crippen LogP contribution in [0.4, 0.5) is 0 Å². The Kier molecular flexibility index (Phi) is 5.86. The molecule has 0 aromatic carbocycles. The summed E-state index contributed by atoms with van der Waals surface area (Å²) in [5.41, 5.74) is 0. The highest BCUT2D eigenvalue weighted by atomic mass is 32.1. The molecule has 3 heteroatoms. The Hall–Kier alpha value is -0.380. The molecule has 0 spiro atoms. The van der Waals surface area contributed by atoms with Gasteiger partial charge < -0.3 is 10.4 Å². The van der Waals surface area contributed by atoms with Crippen molar-refractivity contribution in [3.05, 3.63) is 22.4 Å². The summed E-state index contributed by atoms with van der Waals surface area (Å²) in [4.78, 5) is 1.08. The number of nitrogens with one attached hydrogen (secondary N) is 1. The van der Waals surface area contributed by atoms with E-state index in [9.17, 15) is 5.11 Å². The molecule has 1 aromatic rings. The minimum absolute atomic E-state index is 0.168. The lowest BCUT2D eigenvalue weighted by Gasteiger charge is -2.31.